The lowest BCUT2D eigenvalue weighted by Crippen LogP contribution is -2.76. The van der Waals surface area contributed by atoms with Crippen molar-refractivity contribution >= 4 is 5.78 Å². The number of ketones is 1. The van der Waals surface area contributed by atoms with Gasteiger partial charge in [-0.3, -0.25) is 4.79 Å². The number of aliphatic hydroxyl groups is 7. The molecule has 0 aromatic heterocycles. The highest BCUT2D eigenvalue weighted by Crippen LogP contribution is 2.54. The highest BCUT2D eigenvalue weighted by atomic mass is 16.7. The van der Waals surface area contributed by atoms with E-state index in [1.807, 2.05) is 6.92 Å². The topological polar surface area (TPSA) is 186 Å². The van der Waals surface area contributed by atoms with Crippen LogP contribution in [0.5, 0.6) is 0 Å². The summed E-state index contributed by atoms with van der Waals surface area (Å²) in [6.45, 7) is 2.27. The Morgan fingerprint density at radius 1 is 1.18 bits per heavy atom. The van der Waals surface area contributed by atoms with Gasteiger partial charge in [-0.25, -0.2) is 0 Å². The minimum absolute atomic E-state index is 0.00141. The summed E-state index contributed by atoms with van der Waals surface area (Å²) < 4.78 is 16.8. The summed E-state index contributed by atoms with van der Waals surface area (Å²) in [5.41, 5.74) is -3.99. The summed E-state index contributed by atoms with van der Waals surface area (Å²) in [6, 6.07) is 0. The van der Waals surface area contributed by atoms with Crippen molar-refractivity contribution in [1.29, 1.82) is 0 Å². The molecule has 1 spiro atoms. The van der Waals surface area contributed by atoms with Crippen LogP contribution in [-0.4, -0.2) is 116 Å². The van der Waals surface area contributed by atoms with E-state index in [2.05, 4.69) is 0 Å². The smallest absolute Gasteiger partial charge is 0.184 e. The standard InChI is InChI=1S/C22H38O11/c1-10-7-22(33-19(11(10)2)16(27)12(25)8-23)14(26)5-4-6-21(22,30)15-17(28)13(9-24)32-20(31-3)18(15)29/h10-13,15-20,23-25,27-30H,4-9H2,1-3H3/t10-,11-,12-,13?,15+,16-,17+,18?,19?,20-,21?,22-/m1/s1. The summed E-state index contributed by atoms with van der Waals surface area (Å²) in [6.07, 6.45) is -9.31. The quantitative estimate of drug-likeness (QED) is 0.217. The molecule has 11 heteroatoms. The third kappa shape index (κ3) is 4.26. The molecule has 2 saturated heterocycles. The summed E-state index contributed by atoms with van der Waals surface area (Å²) >= 11 is 0. The van der Waals surface area contributed by atoms with Gasteiger partial charge in [0.2, 0.25) is 0 Å². The SMILES string of the molecule is CO[C@@H]1OC(CO)[C@H](O)[C@H](C2(O)CCCC(=O)[C@]23C[C@@H](C)[C@@H](C)C([C@H](O)[C@H](O)CO)O3)C1O. The molecular weight excluding hydrogens is 440 g/mol. The van der Waals surface area contributed by atoms with Crippen molar-refractivity contribution in [2.45, 2.75) is 93.6 Å². The highest BCUT2D eigenvalue weighted by Gasteiger charge is 2.69. The molecule has 0 aromatic carbocycles. The van der Waals surface area contributed by atoms with E-state index in [-0.39, 0.29) is 37.5 Å². The molecule has 3 rings (SSSR count). The van der Waals surface area contributed by atoms with Gasteiger partial charge in [0.1, 0.15) is 30.0 Å². The van der Waals surface area contributed by atoms with Gasteiger partial charge in [-0.15, -0.1) is 0 Å². The molecule has 192 valence electrons. The molecule has 11 nitrogen and oxygen atoms in total. The van der Waals surface area contributed by atoms with E-state index in [0.717, 1.165) is 0 Å². The van der Waals surface area contributed by atoms with Crippen molar-refractivity contribution in [3.8, 4) is 0 Å². The molecular formula is C22H38O11. The van der Waals surface area contributed by atoms with Gasteiger partial charge in [-0.1, -0.05) is 13.8 Å². The van der Waals surface area contributed by atoms with Crippen LogP contribution in [0.15, 0.2) is 0 Å². The van der Waals surface area contributed by atoms with E-state index in [4.69, 9.17) is 14.2 Å². The molecule has 2 aliphatic heterocycles. The lowest BCUT2D eigenvalue weighted by Gasteiger charge is -2.60. The Kier molecular flexibility index (Phi) is 8.22. The zero-order valence-corrected chi connectivity index (χ0v) is 19.3. The van der Waals surface area contributed by atoms with E-state index < -0.39 is 79.0 Å². The molecule has 3 fully saturated rings. The first-order valence-corrected chi connectivity index (χ1v) is 11.5. The van der Waals surface area contributed by atoms with E-state index in [1.165, 1.54) is 7.11 Å². The van der Waals surface area contributed by atoms with Gasteiger partial charge in [-0.2, -0.15) is 0 Å². The Morgan fingerprint density at radius 2 is 1.85 bits per heavy atom. The van der Waals surface area contributed by atoms with Gasteiger partial charge in [-0.05, 0) is 31.1 Å². The number of carbonyl (C=O) groups excluding carboxylic acids is 1. The van der Waals surface area contributed by atoms with Gasteiger partial charge in [0.05, 0.1) is 31.3 Å². The first-order chi connectivity index (χ1) is 15.5. The Morgan fingerprint density at radius 3 is 2.42 bits per heavy atom. The van der Waals surface area contributed by atoms with Crippen LogP contribution in [0, 0.1) is 17.8 Å². The number of rotatable bonds is 6. The van der Waals surface area contributed by atoms with Crippen molar-refractivity contribution in [1.82, 2.24) is 0 Å². The fraction of sp³-hybridized carbons (Fsp3) is 0.955. The van der Waals surface area contributed by atoms with Crippen molar-refractivity contribution in [3.05, 3.63) is 0 Å². The number of Topliss-reactive ketones (excluding diaryl/α,β-unsaturated/α-hetero) is 1. The third-order valence-corrected chi connectivity index (χ3v) is 8.06. The normalized spacial score (nSPS) is 48.6. The molecule has 0 aromatic rings. The molecule has 4 unspecified atom stereocenters. The largest absolute Gasteiger partial charge is 0.394 e. The van der Waals surface area contributed by atoms with Crippen LogP contribution >= 0.6 is 0 Å². The van der Waals surface area contributed by atoms with Gasteiger partial charge in [0.25, 0.3) is 0 Å². The van der Waals surface area contributed by atoms with Crippen LogP contribution in [0.3, 0.4) is 0 Å². The van der Waals surface area contributed by atoms with Crippen LogP contribution in [0.4, 0.5) is 0 Å². The van der Waals surface area contributed by atoms with Crippen molar-refractivity contribution in [3.63, 3.8) is 0 Å². The Labute approximate surface area is 192 Å². The number of hydrogen-bond donors (Lipinski definition) is 7. The fourth-order valence-electron chi connectivity index (χ4n) is 5.96. The second kappa shape index (κ2) is 10.1. The molecule has 0 amide bonds. The highest BCUT2D eigenvalue weighted by molar-refractivity contribution is 5.90. The molecule has 3 aliphatic rings. The van der Waals surface area contributed by atoms with Crippen molar-refractivity contribution in [2.75, 3.05) is 20.3 Å². The zero-order chi connectivity index (χ0) is 24.7. The second-order valence-electron chi connectivity index (χ2n) is 9.86. The van der Waals surface area contributed by atoms with E-state index in [9.17, 15) is 40.5 Å². The third-order valence-electron chi connectivity index (χ3n) is 8.06. The predicted molar refractivity (Wildman–Crippen MR) is 112 cm³/mol. The lowest BCUT2D eigenvalue weighted by atomic mass is 9.56. The number of carbonyl (C=O) groups is 1. The fourth-order valence-corrected chi connectivity index (χ4v) is 5.96. The number of methoxy groups -OCH3 is 1. The Hall–Kier alpha value is -0.730. The average Bonchev–Trinajstić information content (AvgIpc) is 2.79. The van der Waals surface area contributed by atoms with Crippen LogP contribution in [-0.2, 0) is 19.0 Å². The van der Waals surface area contributed by atoms with Crippen LogP contribution < -0.4 is 0 Å². The maximum absolute atomic E-state index is 13.5. The monoisotopic (exact) mass is 478 g/mol. The minimum atomic E-state index is -2.09. The van der Waals surface area contributed by atoms with Gasteiger partial charge in [0, 0.05) is 13.5 Å². The summed E-state index contributed by atoms with van der Waals surface area (Å²) in [7, 11) is 1.27. The van der Waals surface area contributed by atoms with Crippen molar-refractivity contribution in [2.24, 2.45) is 17.8 Å². The number of hydrogen-bond acceptors (Lipinski definition) is 11. The Balaban J connectivity index is 2.10. The van der Waals surface area contributed by atoms with Gasteiger partial charge >= 0.3 is 0 Å². The van der Waals surface area contributed by atoms with E-state index in [0.29, 0.717) is 0 Å². The first kappa shape index (κ1) is 26.9. The number of aliphatic hydroxyl groups excluding tert-OH is 6. The molecule has 7 N–H and O–H groups in total. The number of ether oxygens (including phenoxy) is 3. The van der Waals surface area contributed by atoms with E-state index >= 15 is 0 Å². The first-order valence-electron chi connectivity index (χ1n) is 11.5. The summed E-state index contributed by atoms with van der Waals surface area (Å²) in [4.78, 5) is 13.5. The average molecular weight is 479 g/mol. The maximum Gasteiger partial charge on any atom is 0.184 e. The molecule has 1 aliphatic carbocycles. The lowest BCUT2D eigenvalue weighted by molar-refractivity contribution is -0.341. The second-order valence-corrected chi connectivity index (χ2v) is 9.86. The predicted octanol–water partition coefficient (Wildman–Crippen LogP) is -2.31. The summed E-state index contributed by atoms with van der Waals surface area (Å²) in [5.74, 6) is -2.42. The molecule has 2 heterocycles. The molecule has 0 radical (unpaired) electrons. The van der Waals surface area contributed by atoms with Gasteiger partial charge < -0.3 is 50.0 Å². The molecule has 1 saturated carbocycles. The maximum atomic E-state index is 13.5. The van der Waals surface area contributed by atoms with Crippen molar-refractivity contribution < 1.29 is 54.8 Å². The molecule has 33 heavy (non-hydrogen) atoms. The van der Waals surface area contributed by atoms with E-state index in [1.54, 1.807) is 6.92 Å². The minimum Gasteiger partial charge on any atom is -0.394 e. The molecule has 0 bridgehead atoms. The molecule has 12 atom stereocenters. The Bertz CT molecular complexity index is 675. The van der Waals surface area contributed by atoms with Crippen LogP contribution in [0.2, 0.25) is 0 Å². The van der Waals surface area contributed by atoms with Gasteiger partial charge in [0.15, 0.2) is 17.7 Å². The summed E-state index contributed by atoms with van der Waals surface area (Å²) in [5, 5.41) is 73.9. The van der Waals surface area contributed by atoms with Crippen LogP contribution in [0.1, 0.15) is 39.5 Å². The van der Waals surface area contributed by atoms with Crippen LogP contribution in [0.25, 0.3) is 0 Å². The zero-order valence-electron chi connectivity index (χ0n) is 19.3.